The Balaban J connectivity index is 1.75. The molecule has 10 heteroatoms. The molecule has 0 aliphatic carbocycles. The van der Waals surface area contributed by atoms with Gasteiger partial charge in [0.25, 0.3) is 0 Å². The van der Waals surface area contributed by atoms with Crippen LogP contribution in [0.4, 0.5) is 0 Å². The average molecular weight is 557 g/mol. The molecule has 0 aromatic heterocycles. The minimum absolute atomic E-state index is 0.0586. The molecule has 0 saturated carbocycles. The van der Waals surface area contributed by atoms with E-state index in [4.69, 9.17) is 19.3 Å². The first-order valence-corrected chi connectivity index (χ1v) is 13.5. The molecule has 0 saturated heterocycles. The van der Waals surface area contributed by atoms with Crippen LogP contribution in [0, 0.1) is 0 Å². The van der Waals surface area contributed by atoms with Gasteiger partial charge in [-0.1, -0.05) is 26.7 Å². The third-order valence-corrected chi connectivity index (χ3v) is 6.82. The van der Waals surface area contributed by atoms with E-state index < -0.39 is 36.2 Å². The highest BCUT2D eigenvalue weighted by molar-refractivity contribution is 6.04. The van der Waals surface area contributed by atoms with Crippen molar-refractivity contribution in [2.24, 2.45) is 0 Å². The second kappa shape index (κ2) is 13.3. The van der Waals surface area contributed by atoms with Crippen molar-refractivity contribution in [1.29, 1.82) is 0 Å². The third kappa shape index (κ3) is 6.73. The molecule has 3 rings (SSSR count). The summed E-state index contributed by atoms with van der Waals surface area (Å²) < 4.78 is 17.8. The summed E-state index contributed by atoms with van der Waals surface area (Å²) in [5, 5.41) is 29.5. The van der Waals surface area contributed by atoms with E-state index in [9.17, 15) is 29.4 Å². The number of hydrogen-bond donors (Lipinski definition) is 3. The number of aromatic hydroxyl groups is 1. The van der Waals surface area contributed by atoms with E-state index in [0.717, 1.165) is 6.42 Å². The standard InChI is InChI=1S/C30H36O10/c1-4-7-21-24(11-9-19(18(3)31)27(21)35)38-15-6-16-39-25-12-10-20-23(32)17-30(29(36)37,14-13-26(33)34)40-28(20)22(25)8-5-2/h9-12,35H,4-8,13-17H2,1-3H3,(H,33,34)(H,36,37). The number of ether oxygens (including phenoxy) is 3. The van der Waals surface area contributed by atoms with Crippen LogP contribution >= 0.6 is 0 Å². The highest BCUT2D eigenvalue weighted by Gasteiger charge is 2.48. The molecule has 1 atom stereocenters. The summed E-state index contributed by atoms with van der Waals surface area (Å²) in [6, 6.07) is 6.43. The number of ketones is 2. The maximum Gasteiger partial charge on any atom is 0.348 e. The van der Waals surface area contributed by atoms with Crippen LogP contribution in [0.3, 0.4) is 0 Å². The first-order valence-electron chi connectivity index (χ1n) is 13.5. The average Bonchev–Trinajstić information content (AvgIpc) is 2.90. The number of carbonyl (C=O) groups excluding carboxylic acids is 2. The van der Waals surface area contributed by atoms with Crippen LogP contribution in [0.5, 0.6) is 23.0 Å². The quantitative estimate of drug-likeness (QED) is 0.201. The first kappa shape index (κ1) is 30.5. The molecule has 2 aromatic carbocycles. The van der Waals surface area contributed by atoms with Gasteiger partial charge in [0, 0.05) is 30.4 Å². The van der Waals surface area contributed by atoms with Crippen LogP contribution in [-0.2, 0) is 22.4 Å². The molecular weight excluding hydrogens is 520 g/mol. The summed E-state index contributed by atoms with van der Waals surface area (Å²) in [7, 11) is 0. The highest BCUT2D eigenvalue weighted by Crippen LogP contribution is 2.42. The van der Waals surface area contributed by atoms with Crippen molar-refractivity contribution in [3.63, 3.8) is 0 Å². The first-order chi connectivity index (χ1) is 19.0. The Hall–Kier alpha value is -4.08. The molecule has 216 valence electrons. The molecule has 1 aliphatic rings. The lowest BCUT2D eigenvalue weighted by Crippen LogP contribution is -2.49. The van der Waals surface area contributed by atoms with Crippen molar-refractivity contribution in [2.45, 2.75) is 77.7 Å². The monoisotopic (exact) mass is 556 g/mol. The zero-order valence-electron chi connectivity index (χ0n) is 23.1. The highest BCUT2D eigenvalue weighted by atomic mass is 16.5. The molecule has 2 aromatic rings. The number of benzene rings is 2. The maximum absolute atomic E-state index is 12.9. The predicted molar refractivity (Wildman–Crippen MR) is 145 cm³/mol. The Morgan fingerprint density at radius 2 is 1.55 bits per heavy atom. The predicted octanol–water partition coefficient (Wildman–Crippen LogP) is 5.00. The molecule has 0 bridgehead atoms. The van der Waals surface area contributed by atoms with Gasteiger partial charge in [0.2, 0.25) is 5.60 Å². The van der Waals surface area contributed by atoms with Gasteiger partial charge in [-0.2, -0.15) is 0 Å². The summed E-state index contributed by atoms with van der Waals surface area (Å²) in [6.45, 7) is 5.81. The molecule has 0 spiro atoms. The van der Waals surface area contributed by atoms with Crippen LogP contribution in [0.15, 0.2) is 24.3 Å². The van der Waals surface area contributed by atoms with Gasteiger partial charge in [-0.3, -0.25) is 14.4 Å². The lowest BCUT2D eigenvalue weighted by atomic mass is 9.85. The molecule has 40 heavy (non-hydrogen) atoms. The van der Waals surface area contributed by atoms with Crippen LogP contribution in [-0.4, -0.2) is 57.6 Å². The Morgan fingerprint density at radius 3 is 2.12 bits per heavy atom. The Bertz CT molecular complexity index is 1280. The van der Waals surface area contributed by atoms with E-state index in [1.54, 1.807) is 24.3 Å². The van der Waals surface area contributed by atoms with Crippen molar-refractivity contribution in [3.8, 4) is 23.0 Å². The van der Waals surface area contributed by atoms with Crippen LogP contribution < -0.4 is 14.2 Å². The number of fused-ring (bicyclic) bond motifs is 1. The van der Waals surface area contributed by atoms with Crippen molar-refractivity contribution < 1.29 is 48.7 Å². The lowest BCUT2D eigenvalue weighted by Gasteiger charge is -2.35. The van der Waals surface area contributed by atoms with Crippen LogP contribution in [0.2, 0.25) is 0 Å². The normalized spacial score (nSPS) is 16.1. The summed E-state index contributed by atoms with van der Waals surface area (Å²) in [4.78, 5) is 48.0. The fourth-order valence-corrected chi connectivity index (χ4v) is 4.78. The molecule has 10 nitrogen and oxygen atoms in total. The zero-order valence-corrected chi connectivity index (χ0v) is 23.1. The van der Waals surface area contributed by atoms with E-state index in [2.05, 4.69) is 0 Å². The number of carboxylic acids is 2. The number of phenols is 1. The summed E-state index contributed by atoms with van der Waals surface area (Å²) >= 11 is 0. The molecule has 3 N–H and O–H groups in total. The number of carboxylic acid groups (broad SMARTS) is 2. The molecule has 0 radical (unpaired) electrons. The molecule has 1 aliphatic heterocycles. The second-order valence-electron chi connectivity index (χ2n) is 9.86. The second-order valence-corrected chi connectivity index (χ2v) is 9.86. The lowest BCUT2D eigenvalue weighted by molar-refractivity contribution is -0.157. The van der Waals surface area contributed by atoms with Crippen molar-refractivity contribution in [2.75, 3.05) is 13.2 Å². The zero-order chi connectivity index (χ0) is 29.4. The molecule has 1 heterocycles. The van der Waals surface area contributed by atoms with Gasteiger partial charge in [-0.25, -0.2) is 4.79 Å². The number of Topliss-reactive ketones (excluding diaryl/α,β-unsaturated/α-hetero) is 2. The van der Waals surface area contributed by atoms with Gasteiger partial charge in [0.1, 0.15) is 23.0 Å². The summed E-state index contributed by atoms with van der Waals surface area (Å²) in [6.07, 6.45) is 1.66. The fraction of sp³-hybridized carbons (Fsp3) is 0.467. The smallest absolute Gasteiger partial charge is 0.348 e. The van der Waals surface area contributed by atoms with E-state index in [1.165, 1.54) is 6.92 Å². The van der Waals surface area contributed by atoms with Gasteiger partial charge in [-0.15, -0.1) is 0 Å². The van der Waals surface area contributed by atoms with Crippen LogP contribution in [0.25, 0.3) is 0 Å². The number of rotatable bonds is 15. The minimum atomic E-state index is -1.96. The van der Waals surface area contributed by atoms with Gasteiger partial charge in [-0.05, 0) is 44.0 Å². The van der Waals surface area contributed by atoms with E-state index in [1.807, 2.05) is 13.8 Å². The topological polar surface area (TPSA) is 157 Å². The molecule has 0 amide bonds. The van der Waals surface area contributed by atoms with Crippen molar-refractivity contribution in [1.82, 2.24) is 0 Å². The Morgan fingerprint density at radius 1 is 0.950 bits per heavy atom. The maximum atomic E-state index is 12.9. The number of phenolic OH excluding ortho intramolecular Hbond substituents is 1. The minimum Gasteiger partial charge on any atom is -0.507 e. The van der Waals surface area contributed by atoms with Gasteiger partial charge >= 0.3 is 11.9 Å². The number of hydrogen-bond acceptors (Lipinski definition) is 8. The molecular formula is C30H36O10. The molecule has 0 fully saturated rings. The summed E-state index contributed by atoms with van der Waals surface area (Å²) in [5.74, 6) is -2.19. The fourth-order valence-electron chi connectivity index (χ4n) is 4.78. The van der Waals surface area contributed by atoms with Gasteiger partial charge < -0.3 is 29.5 Å². The van der Waals surface area contributed by atoms with Crippen molar-refractivity contribution >= 4 is 23.5 Å². The number of aliphatic carboxylic acids is 2. The SMILES string of the molecule is CCCc1c(OCCCOc2ccc3c(c2CCC)OC(CCC(=O)O)(C(=O)O)CC3=O)ccc(C(C)=O)c1O. The third-order valence-electron chi connectivity index (χ3n) is 6.82. The van der Waals surface area contributed by atoms with Crippen LogP contribution in [0.1, 0.15) is 91.1 Å². The van der Waals surface area contributed by atoms with Gasteiger partial charge in [0.15, 0.2) is 11.6 Å². The van der Waals surface area contributed by atoms with E-state index >= 15 is 0 Å². The largest absolute Gasteiger partial charge is 0.507 e. The van der Waals surface area contributed by atoms with Crippen molar-refractivity contribution in [3.05, 3.63) is 46.5 Å². The van der Waals surface area contributed by atoms with E-state index in [-0.39, 0.29) is 48.0 Å². The Labute approximate surface area is 232 Å². The Kier molecular flexibility index (Phi) is 10.1. The summed E-state index contributed by atoms with van der Waals surface area (Å²) in [5.41, 5.74) is -0.307. The van der Waals surface area contributed by atoms with Gasteiger partial charge in [0.05, 0.1) is 30.8 Å². The number of carbonyl (C=O) groups is 4. The van der Waals surface area contributed by atoms with E-state index in [0.29, 0.717) is 48.3 Å². The molecule has 1 unspecified atom stereocenters.